The SMILES string of the molecule is O=C([O-])[C@@]1(O)C[C@@H](O)[C@H](O)[C@@H](CO)O1.[NH4+]. The highest BCUT2D eigenvalue weighted by atomic mass is 16.7. The van der Waals surface area contributed by atoms with E-state index in [2.05, 4.69) is 4.74 Å². The van der Waals surface area contributed by atoms with Crippen molar-refractivity contribution in [3.8, 4) is 0 Å². The summed E-state index contributed by atoms with van der Waals surface area (Å²) in [4.78, 5) is 10.4. The van der Waals surface area contributed by atoms with E-state index in [0.29, 0.717) is 0 Å². The lowest BCUT2D eigenvalue weighted by Crippen LogP contribution is -2.62. The van der Waals surface area contributed by atoms with Crippen LogP contribution in [0, 0.1) is 0 Å². The fraction of sp³-hybridized carbons (Fsp3) is 0.857. The van der Waals surface area contributed by atoms with Gasteiger partial charge in [-0.2, -0.15) is 0 Å². The van der Waals surface area contributed by atoms with Crippen LogP contribution in [0.15, 0.2) is 0 Å². The molecular formula is C7H15NO7. The number of quaternary nitrogens is 1. The largest absolute Gasteiger partial charge is 0.544 e. The van der Waals surface area contributed by atoms with E-state index in [1.165, 1.54) is 0 Å². The molecule has 0 amide bonds. The number of aliphatic hydroxyl groups is 4. The van der Waals surface area contributed by atoms with E-state index in [0.717, 1.165) is 0 Å². The first-order chi connectivity index (χ1) is 6.40. The van der Waals surface area contributed by atoms with Crippen LogP contribution in [0.2, 0.25) is 0 Å². The van der Waals surface area contributed by atoms with Crippen LogP contribution in [0.4, 0.5) is 0 Å². The molecule has 1 fully saturated rings. The van der Waals surface area contributed by atoms with Crippen LogP contribution in [0.1, 0.15) is 6.42 Å². The fourth-order valence-electron chi connectivity index (χ4n) is 1.30. The van der Waals surface area contributed by atoms with Crippen molar-refractivity contribution in [3.63, 3.8) is 0 Å². The molecule has 1 aliphatic heterocycles. The van der Waals surface area contributed by atoms with E-state index in [9.17, 15) is 25.2 Å². The number of carboxylic acids is 1. The molecule has 1 rings (SSSR count). The van der Waals surface area contributed by atoms with Gasteiger partial charge in [-0.05, 0) is 0 Å². The molecule has 0 spiro atoms. The summed E-state index contributed by atoms with van der Waals surface area (Å²) in [5.74, 6) is -4.58. The number of aliphatic carboxylic acids is 1. The van der Waals surface area contributed by atoms with E-state index in [1.54, 1.807) is 0 Å². The molecular weight excluding hydrogens is 210 g/mol. The molecule has 0 aromatic carbocycles. The fourth-order valence-corrected chi connectivity index (χ4v) is 1.30. The molecule has 0 radical (unpaired) electrons. The molecule has 8 heteroatoms. The van der Waals surface area contributed by atoms with Crippen molar-refractivity contribution in [1.82, 2.24) is 6.15 Å². The second kappa shape index (κ2) is 4.84. The van der Waals surface area contributed by atoms with Gasteiger partial charge >= 0.3 is 0 Å². The van der Waals surface area contributed by atoms with E-state index >= 15 is 0 Å². The van der Waals surface area contributed by atoms with E-state index < -0.39 is 43.1 Å². The summed E-state index contributed by atoms with van der Waals surface area (Å²) in [6.07, 6.45) is -4.96. The highest BCUT2D eigenvalue weighted by Gasteiger charge is 2.45. The normalized spacial score (nSPS) is 40.7. The van der Waals surface area contributed by atoms with Crippen LogP contribution < -0.4 is 11.3 Å². The molecule has 1 heterocycles. The van der Waals surface area contributed by atoms with Crippen LogP contribution in [-0.4, -0.2) is 57.1 Å². The molecule has 1 saturated heterocycles. The van der Waals surface area contributed by atoms with Crippen LogP contribution in [-0.2, 0) is 9.53 Å². The van der Waals surface area contributed by atoms with Gasteiger partial charge in [-0.25, -0.2) is 0 Å². The first kappa shape index (κ1) is 14.2. The first-order valence-corrected chi connectivity index (χ1v) is 3.99. The number of rotatable bonds is 2. The van der Waals surface area contributed by atoms with Gasteiger partial charge < -0.3 is 41.2 Å². The Balaban J connectivity index is 0.00000196. The first-order valence-electron chi connectivity index (χ1n) is 3.99. The Morgan fingerprint density at radius 3 is 2.47 bits per heavy atom. The molecule has 0 aromatic rings. The molecule has 0 bridgehead atoms. The van der Waals surface area contributed by atoms with Gasteiger partial charge in [-0.15, -0.1) is 0 Å². The van der Waals surface area contributed by atoms with Crippen LogP contribution in [0.25, 0.3) is 0 Å². The topological polar surface area (TPSA) is 167 Å². The molecule has 0 aromatic heterocycles. The number of carbonyl (C=O) groups excluding carboxylic acids is 1. The van der Waals surface area contributed by atoms with Gasteiger partial charge in [0.25, 0.3) is 0 Å². The predicted molar refractivity (Wildman–Crippen MR) is 44.5 cm³/mol. The number of carbonyl (C=O) groups is 1. The van der Waals surface area contributed by atoms with E-state index in [4.69, 9.17) is 5.11 Å². The molecule has 15 heavy (non-hydrogen) atoms. The third-order valence-electron chi connectivity index (χ3n) is 2.11. The van der Waals surface area contributed by atoms with Gasteiger partial charge in [0.15, 0.2) is 0 Å². The molecule has 4 atom stereocenters. The minimum Gasteiger partial charge on any atom is -0.544 e. The quantitative estimate of drug-likeness (QED) is 0.322. The van der Waals surface area contributed by atoms with Crippen LogP contribution in [0.3, 0.4) is 0 Å². The van der Waals surface area contributed by atoms with Gasteiger partial charge in [-0.3, -0.25) is 0 Å². The standard InChI is InChI=1S/C7H12O7.H3N/c8-2-4-5(10)3(9)1-7(13,14-4)6(11)12;/h3-5,8-10,13H,1-2H2,(H,11,12);1H3/t3-,4-,5+,7-;/m1./s1. The number of ether oxygens (including phenoxy) is 1. The molecule has 90 valence electrons. The molecule has 0 aliphatic carbocycles. The summed E-state index contributed by atoms with van der Waals surface area (Å²) in [5, 5.41) is 46.7. The summed E-state index contributed by atoms with van der Waals surface area (Å²) in [6.45, 7) is -0.714. The van der Waals surface area contributed by atoms with Crippen molar-refractivity contribution >= 4 is 5.97 Å². The van der Waals surface area contributed by atoms with Gasteiger partial charge in [0, 0.05) is 6.42 Å². The van der Waals surface area contributed by atoms with Crippen molar-refractivity contribution in [2.24, 2.45) is 0 Å². The van der Waals surface area contributed by atoms with Gasteiger partial charge in [0.2, 0.25) is 5.79 Å². The summed E-state index contributed by atoms with van der Waals surface area (Å²) in [7, 11) is 0. The Kier molecular flexibility index (Phi) is 4.59. The van der Waals surface area contributed by atoms with Gasteiger partial charge in [0.05, 0.1) is 12.7 Å². The summed E-state index contributed by atoms with van der Waals surface area (Å²) in [6, 6.07) is 0. The zero-order valence-corrected chi connectivity index (χ0v) is 8.16. The lowest BCUT2D eigenvalue weighted by molar-refractivity contribution is -0.375. The van der Waals surface area contributed by atoms with Crippen molar-refractivity contribution < 1.29 is 35.1 Å². The zero-order chi connectivity index (χ0) is 10.9. The van der Waals surface area contributed by atoms with Gasteiger partial charge in [-0.1, -0.05) is 0 Å². The maximum atomic E-state index is 10.4. The average Bonchev–Trinajstić information content (AvgIpc) is 2.11. The Hall–Kier alpha value is -0.770. The number of aliphatic hydroxyl groups excluding tert-OH is 3. The second-order valence-corrected chi connectivity index (χ2v) is 3.17. The number of carboxylic acid groups (broad SMARTS) is 1. The molecule has 0 unspecified atom stereocenters. The van der Waals surface area contributed by atoms with Crippen molar-refractivity contribution in [3.05, 3.63) is 0 Å². The average molecular weight is 225 g/mol. The van der Waals surface area contributed by atoms with E-state index in [-0.39, 0.29) is 6.15 Å². The summed E-state index contributed by atoms with van der Waals surface area (Å²) < 4.78 is 4.50. The molecule has 1 aliphatic rings. The smallest absolute Gasteiger partial charge is 0.210 e. The lowest BCUT2D eigenvalue weighted by atomic mass is 9.96. The molecule has 0 saturated carbocycles. The lowest BCUT2D eigenvalue weighted by Gasteiger charge is -2.42. The van der Waals surface area contributed by atoms with E-state index in [1.807, 2.05) is 0 Å². The molecule has 8 nitrogen and oxygen atoms in total. The minimum absolute atomic E-state index is 0. The van der Waals surface area contributed by atoms with Crippen LogP contribution in [0.5, 0.6) is 0 Å². The summed E-state index contributed by atoms with van der Waals surface area (Å²) >= 11 is 0. The summed E-state index contributed by atoms with van der Waals surface area (Å²) in [5.41, 5.74) is 0. The van der Waals surface area contributed by atoms with Crippen molar-refractivity contribution in [1.29, 1.82) is 0 Å². The minimum atomic E-state index is -2.66. The van der Waals surface area contributed by atoms with Crippen LogP contribution >= 0.6 is 0 Å². The maximum absolute atomic E-state index is 10.4. The Labute approximate surface area is 85.3 Å². The Morgan fingerprint density at radius 2 is 2.07 bits per heavy atom. The predicted octanol–water partition coefficient (Wildman–Crippen LogP) is -3.70. The Morgan fingerprint density at radius 1 is 1.53 bits per heavy atom. The number of hydrogen-bond acceptors (Lipinski definition) is 7. The highest BCUT2D eigenvalue weighted by molar-refractivity contribution is 5.73. The highest BCUT2D eigenvalue weighted by Crippen LogP contribution is 2.26. The monoisotopic (exact) mass is 225 g/mol. The molecule has 8 N–H and O–H groups in total. The third kappa shape index (κ3) is 2.62. The zero-order valence-electron chi connectivity index (χ0n) is 8.16. The Bertz CT molecular complexity index is 235. The van der Waals surface area contributed by atoms with Crippen molar-refractivity contribution in [2.45, 2.75) is 30.5 Å². The second-order valence-electron chi connectivity index (χ2n) is 3.17. The number of hydrogen-bond donors (Lipinski definition) is 5. The van der Waals surface area contributed by atoms with Crippen molar-refractivity contribution in [2.75, 3.05) is 6.61 Å². The van der Waals surface area contributed by atoms with Gasteiger partial charge in [0.1, 0.15) is 18.2 Å². The third-order valence-corrected chi connectivity index (χ3v) is 2.11. The maximum Gasteiger partial charge on any atom is 0.210 e.